The van der Waals surface area contributed by atoms with Gasteiger partial charge in [0.15, 0.2) is 11.2 Å². The lowest BCUT2D eigenvalue weighted by Crippen LogP contribution is -2.40. The van der Waals surface area contributed by atoms with E-state index in [1.165, 1.54) is 9.13 Å². The molecule has 6 heteroatoms. The van der Waals surface area contributed by atoms with Gasteiger partial charge in [0.05, 0.1) is 18.1 Å². The van der Waals surface area contributed by atoms with Crippen molar-refractivity contribution in [2.24, 2.45) is 0 Å². The van der Waals surface area contributed by atoms with Gasteiger partial charge >= 0.3 is 5.69 Å². The van der Waals surface area contributed by atoms with Crippen molar-refractivity contribution in [1.29, 1.82) is 0 Å². The summed E-state index contributed by atoms with van der Waals surface area (Å²) in [4.78, 5) is 30.9. The minimum Gasteiger partial charge on any atom is -0.317 e. The zero-order chi connectivity index (χ0) is 20.5. The second kappa shape index (κ2) is 7.39. The van der Waals surface area contributed by atoms with Crippen molar-refractivity contribution < 1.29 is 0 Å². The highest BCUT2D eigenvalue weighted by Gasteiger charge is 2.21. The average Bonchev–Trinajstić information content (AvgIpc) is 3.17. The van der Waals surface area contributed by atoms with Gasteiger partial charge in [0, 0.05) is 6.54 Å². The number of allylic oxidation sites excluding steroid dienone is 1. The first-order chi connectivity index (χ1) is 14.0. The Bertz CT molecular complexity index is 1300. The molecule has 1 atom stereocenters. The van der Waals surface area contributed by atoms with E-state index >= 15 is 0 Å². The summed E-state index contributed by atoms with van der Waals surface area (Å²) in [5.74, 6) is 0. The van der Waals surface area contributed by atoms with Crippen LogP contribution in [-0.4, -0.2) is 18.7 Å². The molecule has 2 heterocycles. The Morgan fingerprint density at radius 3 is 2.41 bits per heavy atom. The van der Waals surface area contributed by atoms with E-state index in [9.17, 15) is 9.59 Å². The van der Waals surface area contributed by atoms with Crippen molar-refractivity contribution in [3.8, 4) is 5.69 Å². The van der Waals surface area contributed by atoms with Crippen LogP contribution >= 0.6 is 0 Å². The van der Waals surface area contributed by atoms with Gasteiger partial charge in [-0.3, -0.25) is 9.36 Å². The lowest BCUT2D eigenvalue weighted by molar-refractivity contribution is 0.642. The number of hydrogen-bond donors (Lipinski definition) is 0. The molecule has 0 saturated carbocycles. The molecule has 146 valence electrons. The number of rotatable bonds is 5. The van der Waals surface area contributed by atoms with E-state index in [2.05, 4.69) is 11.6 Å². The van der Waals surface area contributed by atoms with E-state index in [0.717, 1.165) is 11.1 Å². The molecule has 6 nitrogen and oxygen atoms in total. The molecule has 0 bridgehead atoms. The van der Waals surface area contributed by atoms with Gasteiger partial charge in [0.25, 0.3) is 5.56 Å². The normalized spacial score (nSPS) is 12.2. The topological polar surface area (TPSA) is 61.8 Å². The molecule has 0 N–H and O–H groups in total. The first-order valence-corrected chi connectivity index (χ1v) is 9.48. The minimum absolute atomic E-state index is 0.116. The van der Waals surface area contributed by atoms with Crippen LogP contribution in [0.15, 0.2) is 83.2 Å². The highest BCUT2D eigenvalue weighted by Crippen LogP contribution is 2.22. The number of aromatic nitrogens is 4. The van der Waals surface area contributed by atoms with Crippen molar-refractivity contribution in [2.45, 2.75) is 26.4 Å². The Morgan fingerprint density at radius 2 is 1.76 bits per heavy atom. The Balaban J connectivity index is 2.05. The zero-order valence-corrected chi connectivity index (χ0v) is 16.4. The first kappa shape index (κ1) is 18.7. The molecule has 0 radical (unpaired) electrons. The molecule has 0 spiro atoms. The Hall–Kier alpha value is -3.67. The summed E-state index contributed by atoms with van der Waals surface area (Å²) in [6.07, 6.45) is 3.18. The van der Waals surface area contributed by atoms with Crippen molar-refractivity contribution in [1.82, 2.24) is 18.7 Å². The number of nitrogens with zero attached hydrogens (tertiary/aromatic N) is 4. The molecule has 29 heavy (non-hydrogen) atoms. The summed E-state index contributed by atoms with van der Waals surface area (Å²) in [5, 5.41) is 0. The molecule has 2 aromatic heterocycles. The predicted molar refractivity (Wildman–Crippen MR) is 115 cm³/mol. The fourth-order valence-corrected chi connectivity index (χ4v) is 3.55. The van der Waals surface area contributed by atoms with E-state index < -0.39 is 5.69 Å². The molecular weight excluding hydrogens is 364 g/mol. The lowest BCUT2D eigenvalue weighted by atomic mass is 10.1. The van der Waals surface area contributed by atoms with Crippen molar-refractivity contribution in [3.63, 3.8) is 0 Å². The van der Waals surface area contributed by atoms with Crippen LogP contribution < -0.4 is 11.2 Å². The van der Waals surface area contributed by atoms with Crippen LogP contribution in [0.3, 0.4) is 0 Å². The third-order valence-corrected chi connectivity index (χ3v) is 5.16. The molecule has 0 fully saturated rings. The quantitative estimate of drug-likeness (QED) is 0.494. The molecule has 0 saturated heterocycles. The van der Waals surface area contributed by atoms with Gasteiger partial charge in [-0.1, -0.05) is 54.1 Å². The summed E-state index contributed by atoms with van der Waals surface area (Å²) in [7, 11) is 0. The standard InChI is InChI=1S/C23H22N4O2/c1-4-14-25-22(28)20-21(27(23(25)29)19-12-10-16(2)11-13-19)24-15-26(20)17(3)18-8-6-5-7-9-18/h4-13,15,17H,1,14H2,2-3H3. The van der Waals surface area contributed by atoms with E-state index in [0.29, 0.717) is 16.9 Å². The molecule has 4 rings (SSSR count). The Kier molecular flexibility index (Phi) is 4.76. The van der Waals surface area contributed by atoms with Gasteiger partial charge in [-0.05, 0) is 31.5 Å². The van der Waals surface area contributed by atoms with Crippen LogP contribution in [0.5, 0.6) is 0 Å². The summed E-state index contributed by atoms with van der Waals surface area (Å²) in [6, 6.07) is 17.4. The van der Waals surface area contributed by atoms with E-state index in [4.69, 9.17) is 0 Å². The van der Waals surface area contributed by atoms with Gasteiger partial charge in [-0.2, -0.15) is 0 Å². The van der Waals surface area contributed by atoms with E-state index in [-0.39, 0.29) is 18.1 Å². The second-order valence-corrected chi connectivity index (χ2v) is 7.07. The molecule has 0 amide bonds. The maximum Gasteiger partial charge on any atom is 0.337 e. The van der Waals surface area contributed by atoms with Crippen LogP contribution in [0.4, 0.5) is 0 Å². The van der Waals surface area contributed by atoms with Gasteiger partial charge in [-0.15, -0.1) is 6.58 Å². The van der Waals surface area contributed by atoms with Gasteiger partial charge in [-0.25, -0.2) is 14.3 Å². The molecule has 0 aliphatic carbocycles. The summed E-state index contributed by atoms with van der Waals surface area (Å²) >= 11 is 0. The maximum atomic E-state index is 13.2. The third-order valence-electron chi connectivity index (χ3n) is 5.16. The minimum atomic E-state index is -0.427. The number of benzene rings is 2. The van der Waals surface area contributed by atoms with Crippen LogP contribution in [0.1, 0.15) is 24.1 Å². The largest absolute Gasteiger partial charge is 0.337 e. The molecule has 4 aromatic rings. The highest BCUT2D eigenvalue weighted by molar-refractivity contribution is 5.73. The second-order valence-electron chi connectivity index (χ2n) is 7.07. The number of aryl methyl sites for hydroxylation is 1. The van der Waals surface area contributed by atoms with Gasteiger partial charge in [0.1, 0.15) is 0 Å². The van der Waals surface area contributed by atoms with Crippen molar-refractivity contribution in [2.75, 3.05) is 0 Å². The average molecular weight is 386 g/mol. The van der Waals surface area contributed by atoms with Crippen LogP contribution in [0.25, 0.3) is 16.9 Å². The van der Waals surface area contributed by atoms with E-state index in [1.54, 1.807) is 12.4 Å². The van der Waals surface area contributed by atoms with E-state index in [1.807, 2.05) is 73.0 Å². The molecule has 0 aliphatic heterocycles. The lowest BCUT2D eigenvalue weighted by Gasteiger charge is -2.16. The monoisotopic (exact) mass is 386 g/mol. The van der Waals surface area contributed by atoms with Crippen molar-refractivity contribution in [3.05, 3.63) is 106 Å². The Labute approximate surface area is 168 Å². The third kappa shape index (κ3) is 3.12. The summed E-state index contributed by atoms with van der Waals surface area (Å²) < 4.78 is 4.52. The van der Waals surface area contributed by atoms with Gasteiger partial charge in [0.2, 0.25) is 0 Å². The molecular formula is C23H22N4O2. The molecule has 1 unspecified atom stereocenters. The molecule has 2 aromatic carbocycles. The van der Waals surface area contributed by atoms with Gasteiger partial charge < -0.3 is 4.57 Å². The maximum absolute atomic E-state index is 13.2. The van der Waals surface area contributed by atoms with Crippen molar-refractivity contribution >= 4 is 11.2 Å². The number of fused-ring (bicyclic) bond motifs is 1. The van der Waals surface area contributed by atoms with Crippen LogP contribution in [-0.2, 0) is 6.54 Å². The Morgan fingerprint density at radius 1 is 1.07 bits per heavy atom. The predicted octanol–water partition coefficient (Wildman–Crippen LogP) is 3.45. The number of imidazole rings is 1. The zero-order valence-electron chi connectivity index (χ0n) is 16.4. The highest BCUT2D eigenvalue weighted by atomic mass is 16.2. The summed E-state index contributed by atoms with van der Waals surface area (Å²) in [6.45, 7) is 7.82. The fraction of sp³-hybridized carbons (Fsp3) is 0.174. The first-order valence-electron chi connectivity index (χ1n) is 9.48. The smallest absolute Gasteiger partial charge is 0.317 e. The number of hydrogen-bond acceptors (Lipinski definition) is 3. The summed E-state index contributed by atoms with van der Waals surface area (Å²) in [5.41, 5.74) is 2.75. The fourth-order valence-electron chi connectivity index (χ4n) is 3.55. The van der Waals surface area contributed by atoms with Crippen LogP contribution in [0.2, 0.25) is 0 Å². The molecule has 0 aliphatic rings. The SMILES string of the molecule is C=CCn1c(=O)c2c(ncn2C(C)c2ccccc2)n(-c2ccc(C)cc2)c1=O. The van der Waals surface area contributed by atoms with Crippen LogP contribution in [0, 0.1) is 6.92 Å².